The predicted octanol–water partition coefficient (Wildman–Crippen LogP) is 3.94. The number of rotatable bonds is 4. The summed E-state index contributed by atoms with van der Waals surface area (Å²) in [6.07, 6.45) is 5.37. The quantitative estimate of drug-likeness (QED) is 0.591. The number of ketones is 1. The van der Waals surface area contributed by atoms with Gasteiger partial charge in [-0.15, -0.1) is 0 Å². The van der Waals surface area contributed by atoms with E-state index in [9.17, 15) is 18.4 Å². The first kappa shape index (κ1) is 18.7. The first-order valence-electron chi connectivity index (χ1n) is 9.56. The molecular weight excluding hydrogens is 364 g/mol. The molecule has 0 bridgehead atoms. The molecule has 1 aliphatic heterocycles. The highest BCUT2D eigenvalue weighted by molar-refractivity contribution is 5.99. The van der Waals surface area contributed by atoms with Crippen LogP contribution in [0.25, 0.3) is 0 Å². The fourth-order valence-corrected chi connectivity index (χ4v) is 4.59. The van der Waals surface area contributed by atoms with E-state index >= 15 is 0 Å². The lowest BCUT2D eigenvalue weighted by molar-refractivity contribution is -0.128. The van der Waals surface area contributed by atoms with Gasteiger partial charge < -0.3 is 0 Å². The number of carbonyl (C=O) groups excluding carboxylic acids is 2. The predicted molar refractivity (Wildman–Crippen MR) is 98.7 cm³/mol. The van der Waals surface area contributed by atoms with Gasteiger partial charge >= 0.3 is 0 Å². The van der Waals surface area contributed by atoms with Crippen LogP contribution in [-0.2, 0) is 4.79 Å². The lowest BCUT2D eigenvalue weighted by atomic mass is 9.67. The van der Waals surface area contributed by atoms with E-state index in [-0.39, 0.29) is 29.7 Å². The van der Waals surface area contributed by atoms with Crippen molar-refractivity contribution in [3.8, 4) is 0 Å². The summed E-state index contributed by atoms with van der Waals surface area (Å²) in [5, 5.41) is 0. The Morgan fingerprint density at radius 3 is 2.89 bits per heavy atom. The van der Waals surface area contributed by atoms with Crippen LogP contribution in [0.5, 0.6) is 0 Å². The molecule has 7 heteroatoms. The zero-order valence-corrected chi connectivity index (χ0v) is 15.4. The third kappa shape index (κ3) is 3.53. The minimum atomic E-state index is -0.671. The maximum Gasteiger partial charge on any atom is 0.234 e. The summed E-state index contributed by atoms with van der Waals surface area (Å²) in [6.45, 7) is 0.501. The molecule has 5 nitrogen and oxygen atoms in total. The number of aromatic nitrogens is 2. The highest BCUT2D eigenvalue weighted by atomic mass is 19.1. The molecule has 2 atom stereocenters. The van der Waals surface area contributed by atoms with E-state index in [0.29, 0.717) is 25.2 Å². The highest BCUT2D eigenvalue weighted by Crippen LogP contribution is 2.48. The second kappa shape index (κ2) is 7.37. The molecule has 146 valence electrons. The molecule has 1 saturated carbocycles. The highest BCUT2D eigenvalue weighted by Gasteiger charge is 2.49. The first-order chi connectivity index (χ1) is 13.5. The molecule has 0 unspecified atom stereocenters. The average molecular weight is 385 g/mol. The van der Waals surface area contributed by atoms with E-state index in [1.54, 1.807) is 4.90 Å². The normalized spacial score (nSPS) is 24.7. The van der Waals surface area contributed by atoms with Crippen molar-refractivity contribution in [2.75, 3.05) is 11.4 Å². The van der Waals surface area contributed by atoms with Gasteiger partial charge in [0.2, 0.25) is 11.9 Å². The molecule has 2 aromatic heterocycles. The van der Waals surface area contributed by atoms with Gasteiger partial charge in [-0.2, -0.15) is 4.39 Å². The van der Waals surface area contributed by atoms with Crippen LogP contribution in [0.15, 0.2) is 36.5 Å². The molecule has 1 aliphatic carbocycles. The standard InChI is InChI=1S/C21H21F2N3O2/c22-15-6-9-24-19(12-15)26-10-8-21(20(26)28)7-2-3-14(13-21)11-17(27)16-4-1-5-18(23)25-16/h1,4-6,9,12,14H,2-3,7-8,10-11,13H2/t14-,21+/m1/s1. The average Bonchev–Trinajstić information content (AvgIpc) is 2.97. The molecule has 28 heavy (non-hydrogen) atoms. The second-order valence-corrected chi connectivity index (χ2v) is 7.75. The zero-order valence-electron chi connectivity index (χ0n) is 15.4. The van der Waals surface area contributed by atoms with E-state index in [1.807, 2.05) is 0 Å². The van der Waals surface area contributed by atoms with Crippen LogP contribution in [0.3, 0.4) is 0 Å². The molecule has 1 amide bonds. The topological polar surface area (TPSA) is 63.2 Å². The minimum Gasteiger partial charge on any atom is -0.296 e. The van der Waals surface area contributed by atoms with Crippen LogP contribution in [0, 0.1) is 23.1 Å². The lowest BCUT2D eigenvalue weighted by Gasteiger charge is -2.36. The monoisotopic (exact) mass is 385 g/mol. The molecule has 2 fully saturated rings. The molecular formula is C21H21F2N3O2. The zero-order chi connectivity index (χ0) is 19.7. The third-order valence-corrected chi connectivity index (χ3v) is 5.92. The molecule has 2 aromatic rings. The van der Waals surface area contributed by atoms with E-state index in [1.165, 1.54) is 36.5 Å². The van der Waals surface area contributed by atoms with Gasteiger partial charge in [-0.1, -0.05) is 12.5 Å². The Kier molecular flexibility index (Phi) is 4.91. The Morgan fingerprint density at radius 2 is 2.11 bits per heavy atom. The van der Waals surface area contributed by atoms with Crippen molar-refractivity contribution in [2.45, 2.75) is 38.5 Å². The maximum atomic E-state index is 13.5. The minimum absolute atomic E-state index is 0.0355. The molecule has 4 rings (SSSR count). The van der Waals surface area contributed by atoms with Crippen molar-refractivity contribution < 1.29 is 18.4 Å². The summed E-state index contributed by atoms with van der Waals surface area (Å²) in [7, 11) is 0. The van der Waals surface area contributed by atoms with E-state index in [4.69, 9.17) is 0 Å². The third-order valence-electron chi connectivity index (χ3n) is 5.92. The number of amides is 1. The molecule has 2 aliphatic rings. The van der Waals surface area contributed by atoms with Crippen LogP contribution in [-0.4, -0.2) is 28.2 Å². The van der Waals surface area contributed by atoms with Crippen molar-refractivity contribution in [1.29, 1.82) is 0 Å². The number of hydrogen-bond acceptors (Lipinski definition) is 4. The van der Waals surface area contributed by atoms with Crippen LogP contribution < -0.4 is 4.90 Å². The number of pyridine rings is 2. The Hall–Kier alpha value is -2.70. The van der Waals surface area contributed by atoms with Crippen LogP contribution >= 0.6 is 0 Å². The van der Waals surface area contributed by atoms with Crippen LogP contribution in [0.1, 0.15) is 49.0 Å². The number of carbonyl (C=O) groups is 2. The molecule has 1 saturated heterocycles. The number of nitrogens with zero attached hydrogens (tertiary/aromatic N) is 3. The summed E-state index contributed by atoms with van der Waals surface area (Å²) >= 11 is 0. The van der Waals surface area contributed by atoms with Gasteiger partial charge in [0, 0.05) is 25.2 Å². The Bertz CT molecular complexity index is 920. The molecule has 0 N–H and O–H groups in total. The second-order valence-electron chi connectivity index (χ2n) is 7.75. The van der Waals surface area contributed by atoms with Gasteiger partial charge in [0.25, 0.3) is 0 Å². The van der Waals surface area contributed by atoms with E-state index in [2.05, 4.69) is 9.97 Å². The van der Waals surface area contributed by atoms with Crippen molar-refractivity contribution in [3.63, 3.8) is 0 Å². The lowest BCUT2D eigenvalue weighted by Crippen LogP contribution is -2.39. The van der Waals surface area contributed by atoms with Crippen molar-refractivity contribution in [1.82, 2.24) is 9.97 Å². The van der Waals surface area contributed by atoms with E-state index < -0.39 is 17.2 Å². The Morgan fingerprint density at radius 1 is 1.25 bits per heavy atom. The van der Waals surface area contributed by atoms with Gasteiger partial charge in [-0.25, -0.2) is 14.4 Å². The summed E-state index contributed by atoms with van der Waals surface area (Å²) in [6, 6.07) is 6.72. The van der Waals surface area contributed by atoms with Crippen LogP contribution in [0.4, 0.5) is 14.6 Å². The number of Topliss-reactive ketones (excluding diaryl/α,β-unsaturated/α-hetero) is 1. The van der Waals surface area contributed by atoms with Gasteiger partial charge in [-0.05, 0) is 49.8 Å². The molecule has 3 heterocycles. The Balaban J connectivity index is 1.47. The van der Waals surface area contributed by atoms with Gasteiger partial charge in [-0.3, -0.25) is 14.5 Å². The number of halogens is 2. The summed E-state index contributed by atoms with van der Waals surface area (Å²) < 4.78 is 26.8. The number of anilines is 1. The van der Waals surface area contributed by atoms with Gasteiger partial charge in [0.15, 0.2) is 5.78 Å². The molecule has 1 spiro atoms. The smallest absolute Gasteiger partial charge is 0.234 e. The fraction of sp³-hybridized carbons (Fsp3) is 0.429. The Labute approximate surface area is 161 Å². The number of hydrogen-bond donors (Lipinski definition) is 0. The SMILES string of the molecule is O=C(C[C@H]1CCC[C@]2(CCN(c3cc(F)ccn3)C2=O)C1)c1cccc(F)n1. The fourth-order valence-electron chi connectivity index (χ4n) is 4.59. The van der Waals surface area contributed by atoms with Crippen molar-refractivity contribution in [2.24, 2.45) is 11.3 Å². The largest absolute Gasteiger partial charge is 0.296 e. The van der Waals surface area contributed by atoms with Crippen molar-refractivity contribution >= 4 is 17.5 Å². The molecule has 0 radical (unpaired) electrons. The van der Waals surface area contributed by atoms with Gasteiger partial charge in [0.1, 0.15) is 17.3 Å². The van der Waals surface area contributed by atoms with E-state index in [0.717, 1.165) is 19.3 Å². The van der Waals surface area contributed by atoms with Crippen molar-refractivity contribution in [3.05, 3.63) is 54.0 Å². The summed E-state index contributed by atoms with van der Waals surface area (Å²) in [4.78, 5) is 35.0. The summed E-state index contributed by atoms with van der Waals surface area (Å²) in [5.74, 6) is -0.939. The molecule has 0 aromatic carbocycles. The maximum absolute atomic E-state index is 13.5. The summed E-state index contributed by atoms with van der Waals surface area (Å²) in [5.41, 5.74) is -0.394. The first-order valence-corrected chi connectivity index (χ1v) is 9.56. The van der Waals surface area contributed by atoms with Gasteiger partial charge in [0.05, 0.1) is 5.41 Å². The van der Waals surface area contributed by atoms with Crippen LogP contribution in [0.2, 0.25) is 0 Å².